The van der Waals surface area contributed by atoms with Gasteiger partial charge in [0, 0.05) is 18.7 Å². The maximum Gasteiger partial charge on any atom is 0.0892 e. The Morgan fingerprint density at radius 2 is 2.50 bits per heavy atom. The van der Waals surface area contributed by atoms with E-state index in [1.807, 2.05) is 25.1 Å². The number of nitrogens with one attached hydrogen (secondary N) is 1. The molecule has 1 aromatic rings. The molecule has 1 N–H and O–H groups in total. The number of aromatic nitrogens is 1. The van der Waals surface area contributed by atoms with Crippen LogP contribution in [0.1, 0.15) is 24.2 Å². The first-order chi connectivity index (χ1) is 8.76. The second kappa shape index (κ2) is 4.96. The third kappa shape index (κ3) is 2.55. The number of hydrogen-bond acceptors (Lipinski definition) is 4. The van der Waals surface area contributed by atoms with Gasteiger partial charge in [0.1, 0.15) is 0 Å². The van der Waals surface area contributed by atoms with Crippen molar-refractivity contribution in [3.8, 4) is 0 Å². The molecular weight excluding hydrogens is 228 g/mol. The Morgan fingerprint density at radius 1 is 1.56 bits per heavy atom. The molecule has 0 unspecified atom stereocenters. The lowest BCUT2D eigenvalue weighted by Crippen LogP contribution is -2.31. The molecule has 0 saturated carbocycles. The molecule has 4 nitrogen and oxygen atoms in total. The Balaban J connectivity index is 1.52. The van der Waals surface area contributed by atoms with Crippen molar-refractivity contribution in [3.05, 3.63) is 29.6 Å². The lowest BCUT2D eigenvalue weighted by atomic mass is 9.98. The minimum Gasteiger partial charge on any atom is -0.371 e. The Hall–Kier alpha value is -0.970. The van der Waals surface area contributed by atoms with Crippen molar-refractivity contribution < 1.29 is 9.47 Å². The summed E-state index contributed by atoms with van der Waals surface area (Å²) in [6.45, 7) is 5.33. The molecule has 4 heteroatoms. The molecule has 0 aromatic carbocycles. The minimum atomic E-state index is 0.0463. The molecule has 0 aliphatic carbocycles. The lowest BCUT2D eigenvalue weighted by Gasteiger charge is -2.20. The Kier molecular flexibility index (Phi) is 3.33. The quantitative estimate of drug-likeness (QED) is 0.878. The second-order valence-electron chi connectivity index (χ2n) is 5.33. The zero-order valence-electron chi connectivity index (χ0n) is 10.8. The van der Waals surface area contributed by atoms with E-state index in [9.17, 15) is 0 Å². The van der Waals surface area contributed by atoms with Crippen molar-refractivity contribution in [3.63, 3.8) is 0 Å². The van der Waals surface area contributed by atoms with E-state index in [0.717, 1.165) is 37.3 Å². The van der Waals surface area contributed by atoms with E-state index in [4.69, 9.17) is 9.47 Å². The van der Waals surface area contributed by atoms with E-state index in [1.165, 1.54) is 0 Å². The molecule has 0 bridgehead atoms. The topological polar surface area (TPSA) is 43.4 Å². The van der Waals surface area contributed by atoms with Crippen LogP contribution in [0, 0.1) is 6.92 Å². The Bertz CT molecular complexity index is 416. The van der Waals surface area contributed by atoms with Gasteiger partial charge in [-0.25, -0.2) is 0 Å². The van der Waals surface area contributed by atoms with Crippen LogP contribution in [0.4, 0.5) is 0 Å². The van der Waals surface area contributed by atoms with Crippen LogP contribution in [0.25, 0.3) is 0 Å². The maximum atomic E-state index is 5.92. The summed E-state index contributed by atoms with van der Waals surface area (Å²) in [4.78, 5) is 4.44. The highest BCUT2D eigenvalue weighted by Gasteiger charge is 2.42. The number of pyridine rings is 1. The van der Waals surface area contributed by atoms with Gasteiger partial charge in [0.2, 0.25) is 0 Å². The second-order valence-corrected chi connectivity index (χ2v) is 5.33. The number of nitrogens with zero attached hydrogens (tertiary/aromatic N) is 1. The van der Waals surface area contributed by atoms with Gasteiger partial charge in [0.15, 0.2) is 0 Å². The van der Waals surface area contributed by atoms with Gasteiger partial charge < -0.3 is 14.8 Å². The predicted octanol–water partition coefficient (Wildman–Crippen LogP) is 1.43. The van der Waals surface area contributed by atoms with Crippen molar-refractivity contribution in [2.24, 2.45) is 0 Å². The number of ether oxygens (including phenoxy) is 2. The third-order valence-electron chi connectivity index (χ3n) is 3.79. The van der Waals surface area contributed by atoms with Gasteiger partial charge in [-0.2, -0.15) is 0 Å². The highest BCUT2D eigenvalue weighted by molar-refractivity contribution is 5.09. The number of hydrogen-bond donors (Lipinski definition) is 1. The van der Waals surface area contributed by atoms with Crippen LogP contribution < -0.4 is 5.32 Å². The number of rotatable bonds is 3. The SMILES string of the molecule is Cc1cccc(CO[C@H]2CO[C@@]3(CCNC3)C2)n1. The van der Waals surface area contributed by atoms with Crippen LogP contribution in [0.2, 0.25) is 0 Å². The third-order valence-corrected chi connectivity index (χ3v) is 3.79. The van der Waals surface area contributed by atoms with E-state index in [1.54, 1.807) is 0 Å². The van der Waals surface area contributed by atoms with Crippen LogP contribution in [-0.2, 0) is 16.1 Å². The fraction of sp³-hybridized carbons (Fsp3) is 0.643. The zero-order valence-corrected chi connectivity index (χ0v) is 10.8. The molecular formula is C14H20N2O2. The highest BCUT2D eigenvalue weighted by Crippen LogP contribution is 2.33. The molecule has 18 heavy (non-hydrogen) atoms. The average molecular weight is 248 g/mol. The summed E-state index contributed by atoms with van der Waals surface area (Å²) < 4.78 is 11.8. The van der Waals surface area contributed by atoms with Crippen LogP contribution in [0.5, 0.6) is 0 Å². The lowest BCUT2D eigenvalue weighted by molar-refractivity contribution is 0.00453. The number of aryl methyl sites for hydroxylation is 1. The van der Waals surface area contributed by atoms with E-state index in [0.29, 0.717) is 13.2 Å². The van der Waals surface area contributed by atoms with Gasteiger partial charge in [0.25, 0.3) is 0 Å². The largest absolute Gasteiger partial charge is 0.371 e. The molecule has 3 rings (SSSR count). The Morgan fingerprint density at radius 3 is 3.28 bits per heavy atom. The molecule has 2 aliphatic heterocycles. The summed E-state index contributed by atoms with van der Waals surface area (Å²) in [6, 6.07) is 6.03. The first-order valence-electron chi connectivity index (χ1n) is 6.65. The van der Waals surface area contributed by atoms with Crippen molar-refractivity contribution in [2.75, 3.05) is 19.7 Å². The molecule has 1 aromatic heterocycles. The van der Waals surface area contributed by atoms with E-state index < -0.39 is 0 Å². The van der Waals surface area contributed by atoms with Gasteiger partial charge in [-0.3, -0.25) is 4.98 Å². The first-order valence-corrected chi connectivity index (χ1v) is 6.65. The molecule has 2 atom stereocenters. The average Bonchev–Trinajstić information content (AvgIpc) is 2.98. The maximum absolute atomic E-state index is 5.92. The molecule has 2 saturated heterocycles. The fourth-order valence-electron chi connectivity index (χ4n) is 2.81. The van der Waals surface area contributed by atoms with E-state index >= 15 is 0 Å². The summed E-state index contributed by atoms with van der Waals surface area (Å²) in [5.74, 6) is 0. The van der Waals surface area contributed by atoms with Crippen LogP contribution in [0.3, 0.4) is 0 Å². The zero-order chi connectivity index (χ0) is 12.4. The van der Waals surface area contributed by atoms with Gasteiger partial charge in [-0.15, -0.1) is 0 Å². The molecule has 3 heterocycles. The van der Waals surface area contributed by atoms with Crippen LogP contribution in [0.15, 0.2) is 18.2 Å². The first kappa shape index (κ1) is 12.1. The fourth-order valence-corrected chi connectivity index (χ4v) is 2.81. The van der Waals surface area contributed by atoms with Gasteiger partial charge in [-0.1, -0.05) is 6.07 Å². The summed E-state index contributed by atoms with van der Waals surface area (Å²) in [5, 5.41) is 3.36. The molecule has 98 valence electrons. The molecule has 2 aliphatic rings. The molecule has 0 radical (unpaired) electrons. The summed E-state index contributed by atoms with van der Waals surface area (Å²) in [5.41, 5.74) is 2.08. The monoisotopic (exact) mass is 248 g/mol. The van der Waals surface area contributed by atoms with Crippen LogP contribution in [-0.4, -0.2) is 36.4 Å². The minimum absolute atomic E-state index is 0.0463. The summed E-state index contributed by atoms with van der Waals surface area (Å²) in [6.07, 6.45) is 2.33. The highest BCUT2D eigenvalue weighted by atomic mass is 16.6. The van der Waals surface area contributed by atoms with Crippen molar-refractivity contribution >= 4 is 0 Å². The molecule has 2 fully saturated rings. The Labute approximate surface area is 108 Å². The standard InChI is InChI=1S/C14H20N2O2/c1-11-3-2-4-12(16-11)8-17-13-7-14(18-9-13)5-6-15-10-14/h2-4,13,15H,5-10H2,1H3/t13-,14+/m1/s1. The van der Waals surface area contributed by atoms with E-state index in [-0.39, 0.29) is 11.7 Å². The van der Waals surface area contributed by atoms with Gasteiger partial charge in [0.05, 0.1) is 30.6 Å². The van der Waals surface area contributed by atoms with Crippen molar-refractivity contribution in [2.45, 2.75) is 38.1 Å². The predicted molar refractivity (Wildman–Crippen MR) is 68.3 cm³/mol. The van der Waals surface area contributed by atoms with Crippen molar-refractivity contribution in [1.29, 1.82) is 0 Å². The van der Waals surface area contributed by atoms with Gasteiger partial charge >= 0.3 is 0 Å². The molecule has 1 spiro atoms. The smallest absolute Gasteiger partial charge is 0.0892 e. The van der Waals surface area contributed by atoms with Crippen molar-refractivity contribution in [1.82, 2.24) is 10.3 Å². The summed E-state index contributed by atoms with van der Waals surface area (Å²) in [7, 11) is 0. The van der Waals surface area contributed by atoms with Gasteiger partial charge in [-0.05, 0) is 32.0 Å². The van der Waals surface area contributed by atoms with E-state index in [2.05, 4.69) is 10.3 Å². The summed E-state index contributed by atoms with van der Waals surface area (Å²) >= 11 is 0. The molecule has 0 amide bonds. The van der Waals surface area contributed by atoms with Crippen LogP contribution >= 0.6 is 0 Å². The normalized spacial score (nSPS) is 31.3.